The summed E-state index contributed by atoms with van der Waals surface area (Å²) in [5.41, 5.74) is 8.03. The van der Waals surface area contributed by atoms with E-state index in [1.807, 2.05) is 13.8 Å². The average molecular weight is 498 g/mol. The third-order valence-electron chi connectivity index (χ3n) is 7.21. The molecule has 0 bridgehead atoms. The Kier molecular flexibility index (Phi) is 8.14. The number of rotatable bonds is 10. The monoisotopic (exact) mass is 497 g/mol. The lowest BCUT2D eigenvalue weighted by atomic mass is 9.77. The van der Waals surface area contributed by atoms with Crippen molar-refractivity contribution in [3.63, 3.8) is 0 Å². The van der Waals surface area contributed by atoms with Crippen molar-refractivity contribution in [3.05, 3.63) is 47.8 Å². The zero-order valence-electron chi connectivity index (χ0n) is 21.2. The lowest BCUT2D eigenvalue weighted by molar-refractivity contribution is -0.128. The maximum absolute atomic E-state index is 13.5. The summed E-state index contributed by atoms with van der Waals surface area (Å²) in [4.78, 5) is 27.9. The Morgan fingerprint density at radius 3 is 2.22 bits per heavy atom. The molecule has 194 valence electrons. The molecule has 2 aliphatic heterocycles. The van der Waals surface area contributed by atoms with Crippen molar-refractivity contribution < 1.29 is 23.5 Å². The van der Waals surface area contributed by atoms with Gasteiger partial charge < -0.3 is 20.1 Å². The minimum atomic E-state index is -0.373. The quantitative estimate of drug-likeness (QED) is 0.537. The Morgan fingerprint density at radius 1 is 1.06 bits per heavy atom. The first-order valence-electron chi connectivity index (χ1n) is 12.8. The first kappa shape index (κ1) is 25.9. The van der Waals surface area contributed by atoms with E-state index in [0.29, 0.717) is 32.7 Å². The number of carbonyl (C=O) groups is 2. The third kappa shape index (κ3) is 5.98. The maximum Gasteiger partial charge on any atom is 0.223 e. The van der Waals surface area contributed by atoms with Gasteiger partial charge in [0, 0.05) is 32.5 Å². The van der Waals surface area contributed by atoms with Crippen LogP contribution in [0.3, 0.4) is 0 Å². The highest BCUT2D eigenvalue weighted by Gasteiger charge is 2.44. The Balaban J connectivity index is 1.47. The molecule has 2 saturated heterocycles. The van der Waals surface area contributed by atoms with Crippen molar-refractivity contribution in [1.82, 2.24) is 9.80 Å². The number of nitrogens with two attached hydrogens (primary N) is 1. The Morgan fingerprint density at radius 2 is 1.67 bits per heavy atom. The van der Waals surface area contributed by atoms with Crippen LogP contribution in [0.15, 0.2) is 36.4 Å². The highest BCUT2D eigenvalue weighted by atomic mass is 19.1. The molecular weight excluding hydrogens is 461 g/mol. The third-order valence-corrected chi connectivity index (χ3v) is 7.21. The summed E-state index contributed by atoms with van der Waals surface area (Å²) in [5, 5.41) is 0. The second kappa shape index (κ2) is 11.3. The summed E-state index contributed by atoms with van der Waals surface area (Å²) < 4.78 is 25.6. The van der Waals surface area contributed by atoms with Gasteiger partial charge in [-0.3, -0.25) is 14.5 Å². The van der Waals surface area contributed by atoms with E-state index >= 15 is 0 Å². The van der Waals surface area contributed by atoms with E-state index in [0.717, 1.165) is 60.7 Å². The van der Waals surface area contributed by atoms with Gasteiger partial charge >= 0.3 is 0 Å². The number of carbonyl (C=O) groups excluding carboxylic acids is 2. The van der Waals surface area contributed by atoms with Crippen LogP contribution in [0, 0.1) is 11.2 Å². The van der Waals surface area contributed by atoms with Gasteiger partial charge in [0.05, 0.1) is 18.8 Å². The van der Waals surface area contributed by atoms with Gasteiger partial charge in [0.1, 0.15) is 17.3 Å². The number of ether oxygens (including phenoxy) is 2. The van der Waals surface area contributed by atoms with Crippen LogP contribution in [-0.2, 0) is 16.1 Å². The summed E-state index contributed by atoms with van der Waals surface area (Å²) >= 11 is 0. The van der Waals surface area contributed by atoms with E-state index in [9.17, 15) is 14.0 Å². The van der Waals surface area contributed by atoms with Crippen LogP contribution in [0.5, 0.6) is 11.5 Å². The molecule has 0 aromatic heterocycles. The van der Waals surface area contributed by atoms with E-state index in [1.165, 1.54) is 12.1 Å². The standard InChI is InChI=1S/C28H36FN3O4/c1-3-35-23-15-20(16-24(36-4-2)27(23)21-5-7-22(29)8-6-21)18-31-13-10-28(11-14-31)17-26(34)32(19-28)12-9-25(30)33/h5-8,15-16H,3-4,9-14,17-19H2,1-2H3,(H2,30,33). The number of halogens is 1. The van der Waals surface area contributed by atoms with Crippen LogP contribution in [0.2, 0.25) is 0 Å². The highest BCUT2D eigenvalue weighted by molar-refractivity contribution is 5.81. The smallest absolute Gasteiger partial charge is 0.223 e. The molecule has 0 aliphatic carbocycles. The fourth-order valence-corrected chi connectivity index (χ4v) is 5.38. The lowest BCUT2D eigenvalue weighted by Crippen LogP contribution is -2.41. The second-order valence-corrected chi connectivity index (χ2v) is 9.82. The molecule has 2 heterocycles. The highest BCUT2D eigenvalue weighted by Crippen LogP contribution is 2.43. The molecule has 0 atom stereocenters. The molecule has 0 unspecified atom stereocenters. The van der Waals surface area contributed by atoms with Crippen LogP contribution < -0.4 is 15.2 Å². The van der Waals surface area contributed by atoms with Crippen molar-refractivity contribution in [2.45, 2.75) is 46.1 Å². The number of hydrogen-bond acceptors (Lipinski definition) is 5. The van der Waals surface area contributed by atoms with Gasteiger partial charge in [0.2, 0.25) is 11.8 Å². The van der Waals surface area contributed by atoms with Crippen LogP contribution >= 0.6 is 0 Å². The number of benzene rings is 2. The summed E-state index contributed by atoms with van der Waals surface area (Å²) in [5.74, 6) is 0.926. The maximum atomic E-state index is 13.5. The molecule has 0 radical (unpaired) electrons. The molecule has 2 aromatic carbocycles. The molecular formula is C28H36FN3O4. The minimum absolute atomic E-state index is 0.00929. The van der Waals surface area contributed by atoms with Gasteiger partial charge in [-0.25, -0.2) is 4.39 Å². The van der Waals surface area contributed by atoms with Crippen molar-refractivity contribution in [1.29, 1.82) is 0 Å². The average Bonchev–Trinajstić information content (AvgIpc) is 3.15. The number of hydrogen-bond donors (Lipinski definition) is 1. The fraction of sp³-hybridized carbons (Fsp3) is 0.500. The first-order chi connectivity index (χ1) is 17.3. The lowest BCUT2D eigenvalue weighted by Gasteiger charge is -2.39. The van der Waals surface area contributed by atoms with Crippen LogP contribution in [-0.4, -0.2) is 61.0 Å². The second-order valence-electron chi connectivity index (χ2n) is 9.82. The molecule has 0 saturated carbocycles. The normalized spacial score (nSPS) is 17.5. The fourth-order valence-electron chi connectivity index (χ4n) is 5.38. The molecule has 7 nitrogen and oxygen atoms in total. The molecule has 1 spiro atoms. The summed E-state index contributed by atoms with van der Waals surface area (Å²) in [6.45, 7) is 8.57. The van der Waals surface area contributed by atoms with Gasteiger partial charge in [-0.15, -0.1) is 0 Å². The number of nitrogens with zero attached hydrogens (tertiary/aromatic N) is 2. The molecule has 2 aromatic rings. The Labute approximate surface area is 212 Å². The molecule has 2 amide bonds. The molecule has 36 heavy (non-hydrogen) atoms. The first-order valence-corrected chi connectivity index (χ1v) is 12.8. The predicted octanol–water partition coefficient (Wildman–Crippen LogP) is 3.98. The van der Waals surface area contributed by atoms with Gasteiger partial charge in [-0.2, -0.15) is 0 Å². The number of amides is 2. The van der Waals surface area contributed by atoms with Crippen molar-refractivity contribution in [2.24, 2.45) is 11.1 Å². The summed E-state index contributed by atoms with van der Waals surface area (Å²) in [6.07, 6.45) is 2.65. The van der Waals surface area contributed by atoms with Crippen molar-refractivity contribution in [3.8, 4) is 22.6 Å². The van der Waals surface area contributed by atoms with E-state index in [-0.39, 0.29) is 29.5 Å². The summed E-state index contributed by atoms with van der Waals surface area (Å²) in [7, 11) is 0. The summed E-state index contributed by atoms with van der Waals surface area (Å²) in [6, 6.07) is 10.5. The molecule has 4 rings (SSSR count). The van der Waals surface area contributed by atoms with Crippen LogP contribution in [0.4, 0.5) is 4.39 Å². The predicted molar refractivity (Wildman–Crippen MR) is 136 cm³/mol. The van der Waals surface area contributed by atoms with Gasteiger partial charge in [0.25, 0.3) is 0 Å². The number of primary amides is 1. The number of likely N-dealkylation sites (tertiary alicyclic amines) is 2. The van der Waals surface area contributed by atoms with Gasteiger partial charge in [-0.05, 0) is 80.6 Å². The van der Waals surface area contributed by atoms with E-state index in [4.69, 9.17) is 15.2 Å². The van der Waals surface area contributed by atoms with Crippen LogP contribution in [0.25, 0.3) is 11.1 Å². The van der Waals surface area contributed by atoms with E-state index < -0.39 is 0 Å². The van der Waals surface area contributed by atoms with E-state index in [1.54, 1.807) is 17.0 Å². The zero-order chi connectivity index (χ0) is 25.7. The van der Waals surface area contributed by atoms with E-state index in [2.05, 4.69) is 17.0 Å². The molecule has 8 heteroatoms. The molecule has 2 aliphatic rings. The molecule has 2 fully saturated rings. The topological polar surface area (TPSA) is 85.1 Å². The van der Waals surface area contributed by atoms with Crippen molar-refractivity contribution >= 4 is 11.8 Å². The largest absolute Gasteiger partial charge is 0.493 e. The Bertz CT molecular complexity index is 1050. The SMILES string of the molecule is CCOc1cc(CN2CCC3(CC2)CC(=O)N(CCC(N)=O)C3)cc(OCC)c1-c1ccc(F)cc1. The minimum Gasteiger partial charge on any atom is -0.493 e. The van der Waals surface area contributed by atoms with Crippen molar-refractivity contribution in [2.75, 3.05) is 39.4 Å². The van der Waals surface area contributed by atoms with Gasteiger partial charge in [-0.1, -0.05) is 12.1 Å². The zero-order valence-corrected chi connectivity index (χ0v) is 21.2. The van der Waals surface area contributed by atoms with Crippen LogP contribution in [0.1, 0.15) is 45.1 Å². The molecule has 2 N–H and O–H groups in total. The number of piperidine rings is 1. The van der Waals surface area contributed by atoms with Gasteiger partial charge in [0.15, 0.2) is 0 Å². The Hall–Kier alpha value is -3.13.